The molecule has 0 bridgehead atoms. The molecule has 0 aliphatic carbocycles. The molecule has 0 spiro atoms. The molecule has 0 amide bonds. The maximum atomic E-state index is 11.2. The molecule has 0 N–H and O–H groups in total. The summed E-state index contributed by atoms with van der Waals surface area (Å²) in [6.07, 6.45) is 0. The van der Waals surface area contributed by atoms with Gasteiger partial charge in [0.1, 0.15) is 0 Å². The van der Waals surface area contributed by atoms with Gasteiger partial charge in [-0.15, -0.1) is 0 Å². The molecule has 0 unspecified atom stereocenters. The van der Waals surface area contributed by atoms with Crippen LogP contribution in [0.25, 0.3) is 0 Å². The first-order chi connectivity index (χ1) is 8.27. The van der Waals surface area contributed by atoms with Crippen molar-refractivity contribution in [2.75, 3.05) is 0 Å². The number of rotatable bonds is 3. The van der Waals surface area contributed by atoms with Crippen molar-refractivity contribution in [3.8, 4) is 0 Å². The van der Waals surface area contributed by atoms with Gasteiger partial charge in [0.05, 0.1) is 0 Å². The van der Waals surface area contributed by atoms with Crippen LogP contribution in [-0.2, 0) is 7.81 Å². The van der Waals surface area contributed by atoms with Gasteiger partial charge < -0.3 is 0 Å². The SMILES string of the molecule is CC(=O)[O][Sb]([c]1ccccc1)[c]1ccccc1. The Balaban J connectivity index is 2.36. The third-order valence-electron chi connectivity index (χ3n) is 2.20. The molecule has 2 aromatic rings. The Kier molecular flexibility index (Phi) is 4.22. The van der Waals surface area contributed by atoms with Crippen molar-refractivity contribution < 1.29 is 7.81 Å². The summed E-state index contributed by atoms with van der Waals surface area (Å²) in [5, 5.41) is 0. The fraction of sp³-hybridized carbons (Fsp3) is 0.0714. The van der Waals surface area contributed by atoms with Crippen molar-refractivity contribution in [3.05, 3.63) is 60.7 Å². The van der Waals surface area contributed by atoms with Crippen molar-refractivity contribution in [1.29, 1.82) is 0 Å². The predicted molar refractivity (Wildman–Crippen MR) is 69.7 cm³/mol. The molecular formula is C14H13O2Sb. The summed E-state index contributed by atoms with van der Waals surface area (Å²) in [4.78, 5) is 11.2. The summed E-state index contributed by atoms with van der Waals surface area (Å²) in [6.45, 7) is 1.48. The van der Waals surface area contributed by atoms with Crippen LogP contribution in [0.1, 0.15) is 6.92 Å². The van der Waals surface area contributed by atoms with Gasteiger partial charge in [0, 0.05) is 0 Å². The van der Waals surface area contributed by atoms with Crippen LogP contribution in [0.4, 0.5) is 0 Å². The Morgan fingerprint density at radius 1 is 0.882 bits per heavy atom. The number of carbonyl (C=O) groups excluding carboxylic acids is 1. The molecular weight excluding hydrogens is 322 g/mol. The topological polar surface area (TPSA) is 26.3 Å². The minimum absolute atomic E-state index is 0.194. The van der Waals surface area contributed by atoms with Gasteiger partial charge in [-0.1, -0.05) is 0 Å². The summed E-state index contributed by atoms with van der Waals surface area (Å²) in [6, 6.07) is 20.0. The standard InChI is InChI=1S/2C6H5.C2H4O2.Sb/c2*1-2-4-6-5-3-1;1-2(3)4;/h2*1-5H;1H3,(H,3,4);/q;;;+1/p-1. The summed E-state index contributed by atoms with van der Waals surface area (Å²) < 4.78 is 7.89. The molecule has 0 saturated carbocycles. The first kappa shape index (κ1) is 12.2. The monoisotopic (exact) mass is 334 g/mol. The van der Waals surface area contributed by atoms with Crippen LogP contribution < -0.4 is 7.02 Å². The normalized spacial score (nSPS) is 10.2. The van der Waals surface area contributed by atoms with E-state index in [0.717, 1.165) is 7.02 Å². The Morgan fingerprint density at radius 2 is 1.29 bits per heavy atom. The molecule has 0 saturated heterocycles. The molecule has 0 heterocycles. The molecule has 0 fully saturated rings. The van der Waals surface area contributed by atoms with E-state index < -0.39 is 20.6 Å². The van der Waals surface area contributed by atoms with Crippen LogP contribution in [0.15, 0.2) is 60.7 Å². The molecule has 0 aliphatic heterocycles. The van der Waals surface area contributed by atoms with Crippen LogP contribution in [0.3, 0.4) is 0 Å². The van der Waals surface area contributed by atoms with E-state index in [1.807, 2.05) is 60.7 Å². The van der Waals surface area contributed by atoms with Crippen molar-refractivity contribution in [1.82, 2.24) is 0 Å². The van der Waals surface area contributed by atoms with E-state index >= 15 is 0 Å². The van der Waals surface area contributed by atoms with Crippen LogP contribution in [0.2, 0.25) is 0 Å². The zero-order chi connectivity index (χ0) is 12.1. The third-order valence-corrected chi connectivity index (χ3v) is 7.84. The molecule has 0 aromatic heterocycles. The number of hydrogen-bond acceptors (Lipinski definition) is 2. The van der Waals surface area contributed by atoms with Crippen LogP contribution in [0.5, 0.6) is 0 Å². The van der Waals surface area contributed by atoms with Crippen LogP contribution >= 0.6 is 0 Å². The Labute approximate surface area is 109 Å². The quantitative estimate of drug-likeness (QED) is 0.792. The first-order valence-electron chi connectivity index (χ1n) is 5.36. The molecule has 3 heteroatoms. The summed E-state index contributed by atoms with van der Waals surface area (Å²) in [7, 11) is 0. The second-order valence-corrected chi connectivity index (χ2v) is 8.70. The average molecular weight is 335 g/mol. The second kappa shape index (κ2) is 5.88. The van der Waals surface area contributed by atoms with Gasteiger partial charge in [-0.2, -0.15) is 0 Å². The van der Waals surface area contributed by atoms with Crippen molar-refractivity contribution in [2.24, 2.45) is 0 Å². The Hall–Kier alpha value is -1.27. The van der Waals surface area contributed by atoms with Crippen molar-refractivity contribution in [2.45, 2.75) is 6.92 Å². The van der Waals surface area contributed by atoms with E-state index in [0.29, 0.717) is 0 Å². The van der Waals surface area contributed by atoms with Gasteiger partial charge in [-0.25, -0.2) is 0 Å². The second-order valence-electron chi connectivity index (χ2n) is 3.55. The van der Waals surface area contributed by atoms with E-state index in [2.05, 4.69) is 0 Å². The van der Waals surface area contributed by atoms with Gasteiger partial charge in [0.25, 0.3) is 0 Å². The summed E-state index contributed by atoms with van der Waals surface area (Å²) in [5.41, 5.74) is 0. The van der Waals surface area contributed by atoms with Gasteiger partial charge in [-0.3, -0.25) is 0 Å². The molecule has 86 valence electrons. The number of carbonyl (C=O) groups is 1. The van der Waals surface area contributed by atoms with Gasteiger partial charge in [-0.05, 0) is 0 Å². The van der Waals surface area contributed by atoms with Crippen LogP contribution in [-0.4, -0.2) is 26.6 Å². The fourth-order valence-electron chi connectivity index (χ4n) is 1.51. The molecule has 2 rings (SSSR count). The van der Waals surface area contributed by atoms with E-state index in [4.69, 9.17) is 3.02 Å². The predicted octanol–water partition coefficient (Wildman–Crippen LogP) is 1.36. The zero-order valence-electron chi connectivity index (χ0n) is 9.54. The van der Waals surface area contributed by atoms with Gasteiger partial charge in [0.15, 0.2) is 0 Å². The van der Waals surface area contributed by atoms with Crippen molar-refractivity contribution in [3.63, 3.8) is 0 Å². The molecule has 0 atom stereocenters. The molecule has 17 heavy (non-hydrogen) atoms. The average Bonchev–Trinajstić information content (AvgIpc) is 2.38. The summed E-state index contributed by atoms with van der Waals surface area (Å²) >= 11 is -2.35. The van der Waals surface area contributed by atoms with Gasteiger partial charge in [0.2, 0.25) is 0 Å². The first-order valence-corrected chi connectivity index (χ1v) is 8.95. The molecule has 2 nitrogen and oxygen atoms in total. The van der Waals surface area contributed by atoms with E-state index in [1.54, 1.807) is 0 Å². The summed E-state index contributed by atoms with van der Waals surface area (Å²) in [5.74, 6) is -0.194. The maximum absolute atomic E-state index is 11.2. The fourth-order valence-corrected chi connectivity index (χ4v) is 6.22. The van der Waals surface area contributed by atoms with Crippen LogP contribution in [0, 0.1) is 0 Å². The molecule has 0 radical (unpaired) electrons. The Bertz CT molecular complexity index is 443. The molecule has 0 aliphatic rings. The zero-order valence-corrected chi connectivity index (χ0v) is 12.1. The van der Waals surface area contributed by atoms with Crippen molar-refractivity contribution >= 4 is 33.6 Å². The number of benzene rings is 2. The third kappa shape index (κ3) is 3.34. The minimum atomic E-state index is -2.35. The number of hydrogen-bond donors (Lipinski definition) is 0. The van der Waals surface area contributed by atoms with Gasteiger partial charge >= 0.3 is 109 Å². The van der Waals surface area contributed by atoms with E-state index in [1.165, 1.54) is 6.92 Å². The van der Waals surface area contributed by atoms with E-state index in [-0.39, 0.29) is 5.97 Å². The Morgan fingerprint density at radius 3 is 1.65 bits per heavy atom. The van der Waals surface area contributed by atoms with E-state index in [9.17, 15) is 4.79 Å². The molecule has 2 aromatic carbocycles.